The van der Waals surface area contributed by atoms with Crippen LogP contribution >= 0.6 is 0 Å². The Morgan fingerprint density at radius 2 is 2.08 bits per heavy atom. The van der Waals surface area contributed by atoms with E-state index in [-0.39, 0.29) is 11.9 Å². The van der Waals surface area contributed by atoms with E-state index in [9.17, 15) is 4.79 Å². The van der Waals surface area contributed by atoms with Gasteiger partial charge in [0.1, 0.15) is 0 Å². The van der Waals surface area contributed by atoms with Gasteiger partial charge in [-0.3, -0.25) is 9.69 Å². The molecule has 1 atom stereocenters. The molecule has 2 fully saturated rings. The molecule has 74 valence electrons. The maximum atomic E-state index is 11.1. The van der Waals surface area contributed by atoms with Crippen molar-refractivity contribution in [2.75, 3.05) is 13.1 Å². The number of rotatable bonds is 3. The van der Waals surface area contributed by atoms with Crippen LogP contribution in [0.4, 0.5) is 0 Å². The van der Waals surface area contributed by atoms with Crippen LogP contribution in [0.3, 0.4) is 0 Å². The summed E-state index contributed by atoms with van der Waals surface area (Å²) in [6, 6.07) is 0.0364. The zero-order valence-corrected chi connectivity index (χ0v) is 8.04. The predicted molar refractivity (Wildman–Crippen MR) is 51.1 cm³/mol. The lowest BCUT2D eigenvalue weighted by Crippen LogP contribution is -2.48. The number of carbonyl (C=O) groups excluding carboxylic acids is 1. The summed E-state index contributed by atoms with van der Waals surface area (Å²) in [4.78, 5) is 13.4. The molecular formula is C10H18N2O. The number of primary amides is 1. The largest absolute Gasteiger partial charge is 0.368 e. The maximum Gasteiger partial charge on any atom is 0.234 e. The van der Waals surface area contributed by atoms with Crippen molar-refractivity contribution in [2.45, 2.75) is 38.1 Å². The monoisotopic (exact) mass is 182 g/mol. The summed E-state index contributed by atoms with van der Waals surface area (Å²) >= 11 is 0. The summed E-state index contributed by atoms with van der Waals surface area (Å²) in [5.41, 5.74) is 5.37. The van der Waals surface area contributed by atoms with Crippen LogP contribution < -0.4 is 5.73 Å². The van der Waals surface area contributed by atoms with Crippen molar-refractivity contribution >= 4 is 5.91 Å². The van der Waals surface area contributed by atoms with Gasteiger partial charge in [0.15, 0.2) is 0 Å². The Kier molecular flexibility index (Phi) is 2.54. The molecule has 1 saturated heterocycles. The minimum absolute atomic E-state index is 0.0364. The van der Waals surface area contributed by atoms with Crippen molar-refractivity contribution in [1.82, 2.24) is 4.90 Å². The summed E-state index contributed by atoms with van der Waals surface area (Å²) < 4.78 is 0. The average molecular weight is 182 g/mol. The fraction of sp³-hybridized carbons (Fsp3) is 0.900. The Morgan fingerprint density at radius 1 is 1.31 bits per heavy atom. The van der Waals surface area contributed by atoms with Gasteiger partial charge in [0, 0.05) is 6.54 Å². The van der Waals surface area contributed by atoms with Crippen molar-refractivity contribution < 1.29 is 4.79 Å². The normalized spacial score (nSPS) is 30.3. The van der Waals surface area contributed by atoms with E-state index in [1.54, 1.807) is 0 Å². The first-order valence-electron chi connectivity index (χ1n) is 5.31. The van der Waals surface area contributed by atoms with Crippen LogP contribution in [0.5, 0.6) is 0 Å². The van der Waals surface area contributed by atoms with Crippen molar-refractivity contribution in [3.8, 4) is 0 Å². The minimum atomic E-state index is -0.125. The number of hydrogen-bond acceptors (Lipinski definition) is 2. The number of hydrogen-bond donors (Lipinski definition) is 1. The second-order valence-corrected chi connectivity index (χ2v) is 4.35. The summed E-state index contributed by atoms with van der Waals surface area (Å²) in [5, 5.41) is 0. The molecule has 1 amide bonds. The Hall–Kier alpha value is -0.570. The highest BCUT2D eigenvalue weighted by Gasteiger charge is 2.31. The van der Waals surface area contributed by atoms with Crippen molar-refractivity contribution in [1.29, 1.82) is 0 Å². The van der Waals surface area contributed by atoms with Crippen LogP contribution in [0.15, 0.2) is 0 Å². The summed E-state index contributed by atoms with van der Waals surface area (Å²) in [5.74, 6) is 0.736. The zero-order chi connectivity index (χ0) is 9.26. The second-order valence-electron chi connectivity index (χ2n) is 4.35. The maximum absolute atomic E-state index is 11.1. The summed E-state index contributed by atoms with van der Waals surface area (Å²) in [6.45, 7) is 2.18. The number of likely N-dealkylation sites (tertiary alicyclic amines) is 1. The number of carbonyl (C=O) groups is 1. The third kappa shape index (κ3) is 2.21. The highest BCUT2D eigenvalue weighted by Crippen LogP contribution is 2.31. The van der Waals surface area contributed by atoms with Crippen LogP contribution in [0, 0.1) is 5.92 Å². The van der Waals surface area contributed by atoms with Gasteiger partial charge in [0.05, 0.1) is 6.04 Å². The number of piperidine rings is 1. The van der Waals surface area contributed by atoms with E-state index in [1.807, 2.05) is 0 Å². The van der Waals surface area contributed by atoms with Crippen LogP contribution in [-0.2, 0) is 4.79 Å². The van der Waals surface area contributed by atoms with E-state index in [2.05, 4.69) is 4.90 Å². The lowest BCUT2D eigenvalue weighted by molar-refractivity contribution is -0.124. The number of nitrogens with zero attached hydrogens (tertiary/aromatic N) is 1. The Labute approximate surface area is 79.3 Å². The van der Waals surface area contributed by atoms with Gasteiger partial charge in [0.2, 0.25) is 5.91 Å². The van der Waals surface area contributed by atoms with Gasteiger partial charge in [-0.2, -0.15) is 0 Å². The lowest BCUT2D eigenvalue weighted by atomic mass is 10.0. The fourth-order valence-electron chi connectivity index (χ4n) is 2.16. The molecule has 0 aromatic rings. The molecule has 2 rings (SSSR count). The Balaban J connectivity index is 1.90. The van der Waals surface area contributed by atoms with E-state index in [0.29, 0.717) is 0 Å². The molecular weight excluding hydrogens is 164 g/mol. The minimum Gasteiger partial charge on any atom is -0.368 e. The van der Waals surface area contributed by atoms with Gasteiger partial charge >= 0.3 is 0 Å². The molecule has 13 heavy (non-hydrogen) atoms. The average Bonchev–Trinajstić information content (AvgIpc) is 2.89. The smallest absolute Gasteiger partial charge is 0.234 e. The third-order valence-electron chi connectivity index (χ3n) is 3.13. The first kappa shape index (κ1) is 9.00. The molecule has 0 aromatic heterocycles. The van der Waals surface area contributed by atoms with E-state index >= 15 is 0 Å². The number of nitrogens with two attached hydrogens (primary N) is 1. The van der Waals surface area contributed by atoms with Gasteiger partial charge < -0.3 is 5.73 Å². The zero-order valence-electron chi connectivity index (χ0n) is 8.04. The second kappa shape index (κ2) is 3.66. The molecule has 1 aliphatic heterocycles. The van der Waals surface area contributed by atoms with Crippen molar-refractivity contribution in [3.05, 3.63) is 0 Å². The highest BCUT2D eigenvalue weighted by molar-refractivity contribution is 5.79. The molecule has 1 unspecified atom stereocenters. The predicted octanol–water partition coefficient (Wildman–Crippen LogP) is 0.736. The Bertz CT molecular complexity index is 201. The van der Waals surface area contributed by atoms with Crippen LogP contribution in [0.1, 0.15) is 32.1 Å². The fourth-order valence-corrected chi connectivity index (χ4v) is 2.16. The quantitative estimate of drug-likeness (QED) is 0.699. The van der Waals surface area contributed by atoms with Crippen LogP contribution in [0.2, 0.25) is 0 Å². The van der Waals surface area contributed by atoms with Crippen LogP contribution in [0.25, 0.3) is 0 Å². The molecule has 2 aliphatic rings. The number of amides is 1. The van der Waals surface area contributed by atoms with Crippen LogP contribution in [-0.4, -0.2) is 29.9 Å². The molecule has 1 heterocycles. The highest BCUT2D eigenvalue weighted by atomic mass is 16.1. The van der Waals surface area contributed by atoms with Crippen molar-refractivity contribution in [3.63, 3.8) is 0 Å². The Morgan fingerprint density at radius 3 is 2.69 bits per heavy atom. The van der Waals surface area contributed by atoms with Gasteiger partial charge in [0.25, 0.3) is 0 Å². The SMILES string of the molecule is NC(=O)C1CCCCN1CC1CC1. The molecule has 3 nitrogen and oxygen atoms in total. The van der Waals surface area contributed by atoms with E-state index in [4.69, 9.17) is 5.73 Å². The molecule has 1 aliphatic carbocycles. The van der Waals surface area contributed by atoms with Gasteiger partial charge in [-0.15, -0.1) is 0 Å². The molecule has 0 aromatic carbocycles. The molecule has 3 heteroatoms. The molecule has 2 N–H and O–H groups in total. The summed E-state index contributed by atoms with van der Waals surface area (Å²) in [6.07, 6.45) is 6.07. The van der Waals surface area contributed by atoms with Gasteiger partial charge in [-0.05, 0) is 38.1 Å². The van der Waals surface area contributed by atoms with E-state index < -0.39 is 0 Å². The van der Waals surface area contributed by atoms with E-state index in [1.165, 1.54) is 19.3 Å². The van der Waals surface area contributed by atoms with Gasteiger partial charge in [-0.25, -0.2) is 0 Å². The van der Waals surface area contributed by atoms with Crippen molar-refractivity contribution in [2.24, 2.45) is 11.7 Å². The molecule has 0 spiro atoms. The topological polar surface area (TPSA) is 46.3 Å². The molecule has 0 bridgehead atoms. The van der Waals surface area contributed by atoms with E-state index in [0.717, 1.165) is 31.8 Å². The lowest BCUT2D eigenvalue weighted by Gasteiger charge is -2.33. The summed E-state index contributed by atoms with van der Waals surface area (Å²) in [7, 11) is 0. The third-order valence-corrected chi connectivity index (χ3v) is 3.13. The molecule has 0 radical (unpaired) electrons. The molecule has 1 saturated carbocycles. The first-order valence-corrected chi connectivity index (χ1v) is 5.31. The standard InChI is InChI=1S/C10H18N2O/c11-10(13)9-3-1-2-6-12(9)7-8-4-5-8/h8-9H,1-7H2,(H2,11,13). The van der Waals surface area contributed by atoms with Gasteiger partial charge in [-0.1, -0.05) is 6.42 Å². The first-order chi connectivity index (χ1) is 6.27.